The zero-order valence-electron chi connectivity index (χ0n) is 12.6. The molecule has 0 aliphatic heterocycles. The van der Waals surface area contributed by atoms with Crippen molar-refractivity contribution in [2.24, 2.45) is 0 Å². The second kappa shape index (κ2) is 6.26. The minimum atomic E-state index is -0.745. The minimum Gasteiger partial charge on any atom is -0.465 e. The topological polar surface area (TPSA) is 79.9 Å². The number of thiazole rings is 1. The van der Waals surface area contributed by atoms with Crippen LogP contribution in [0.25, 0.3) is 0 Å². The van der Waals surface area contributed by atoms with E-state index in [1.807, 2.05) is 32.3 Å². The zero-order valence-corrected chi connectivity index (χ0v) is 13.5. The van der Waals surface area contributed by atoms with Gasteiger partial charge in [0.15, 0.2) is 5.13 Å². The molecular formula is C14H20N4O2S. The van der Waals surface area contributed by atoms with Crippen LogP contribution in [0.1, 0.15) is 45.0 Å². The number of carbonyl (C=O) groups excluding carboxylic acids is 1. The fourth-order valence-electron chi connectivity index (χ4n) is 1.81. The molecule has 0 fully saturated rings. The van der Waals surface area contributed by atoms with E-state index >= 15 is 0 Å². The summed E-state index contributed by atoms with van der Waals surface area (Å²) in [5.41, 5.74) is 1.02. The Morgan fingerprint density at radius 1 is 1.57 bits per heavy atom. The number of nitrogens with one attached hydrogen (secondary N) is 2. The highest BCUT2D eigenvalue weighted by Crippen LogP contribution is 2.30. The van der Waals surface area contributed by atoms with E-state index in [1.165, 1.54) is 11.3 Å². The summed E-state index contributed by atoms with van der Waals surface area (Å²) in [7, 11) is 0. The van der Waals surface area contributed by atoms with E-state index < -0.39 is 5.41 Å². The van der Waals surface area contributed by atoms with Gasteiger partial charge in [0, 0.05) is 17.1 Å². The Bertz CT molecular complexity index is 592. The molecule has 0 aliphatic carbocycles. The molecule has 0 bridgehead atoms. The van der Waals surface area contributed by atoms with Crippen LogP contribution in [0.15, 0.2) is 17.8 Å². The number of hydrogen-bond donors (Lipinski definition) is 2. The van der Waals surface area contributed by atoms with Gasteiger partial charge in [-0.05, 0) is 27.7 Å². The molecule has 1 unspecified atom stereocenters. The van der Waals surface area contributed by atoms with Crippen molar-refractivity contribution in [3.63, 3.8) is 0 Å². The normalized spacial score (nSPS) is 13.0. The monoisotopic (exact) mass is 308 g/mol. The Balaban J connectivity index is 2.09. The third-order valence-electron chi connectivity index (χ3n) is 3.29. The lowest BCUT2D eigenvalue weighted by Crippen LogP contribution is -2.31. The number of anilines is 1. The van der Waals surface area contributed by atoms with Crippen molar-refractivity contribution in [2.75, 3.05) is 11.9 Å². The molecule has 114 valence electrons. The average Bonchev–Trinajstić information content (AvgIpc) is 3.10. The number of H-pyrrole nitrogens is 1. The fourth-order valence-corrected chi connectivity index (χ4v) is 2.78. The van der Waals surface area contributed by atoms with Crippen LogP contribution >= 0.6 is 11.3 Å². The Morgan fingerprint density at radius 2 is 2.33 bits per heavy atom. The van der Waals surface area contributed by atoms with E-state index in [1.54, 1.807) is 13.1 Å². The van der Waals surface area contributed by atoms with Gasteiger partial charge in [-0.3, -0.25) is 9.89 Å². The molecule has 2 aromatic rings. The van der Waals surface area contributed by atoms with Gasteiger partial charge in [-0.2, -0.15) is 5.10 Å². The molecule has 21 heavy (non-hydrogen) atoms. The summed E-state index contributed by atoms with van der Waals surface area (Å²) < 4.78 is 5.10. The molecule has 0 aliphatic rings. The molecule has 7 heteroatoms. The van der Waals surface area contributed by atoms with Crippen LogP contribution in [0.4, 0.5) is 5.13 Å². The second-order valence-electron chi connectivity index (χ2n) is 5.28. The number of carbonyl (C=O) groups is 1. The Morgan fingerprint density at radius 3 is 2.95 bits per heavy atom. The second-order valence-corrected chi connectivity index (χ2v) is 6.14. The van der Waals surface area contributed by atoms with E-state index in [4.69, 9.17) is 4.74 Å². The van der Waals surface area contributed by atoms with Crippen LogP contribution in [0.5, 0.6) is 0 Å². The summed E-state index contributed by atoms with van der Waals surface area (Å²) in [6.45, 7) is 7.85. The quantitative estimate of drug-likeness (QED) is 0.802. The molecular weight excluding hydrogens is 288 g/mol. The lowest BCUT2D eigenvalue weighted by molar-refractivity contribution is -0.148. The number of ether oxygens (including phenoxy) is 1. The lowest BCUT2D eigenvalue weighted by Gasteiger charge is -2.19. The largest absolute Gasteiger partial charge is 0.465 e. The summed E-state index contributed by atoms with van der Waals surface area (Å²) in [6, 6.07) is 0.0912. The van der Waals surface area contributed by atoms with Crippen molar-refractivity contribution in [1.82, 2.24) is 15.2 Å². The molecule has 0 amide bonds. The molecule has 2 heterocycles. The van der Waals surface area contributed by atoms with E-state index in [0.717, 1.165) is 10.7 Å². The van der Waals surface area contributed by atoms with Crippen LogP contribution < -0.4 is 5.32 Å². The average molecular weight is 308 g/mol. The summed E-state index contributed by atoms with van der Waals surface area (Å²) in [5.74, 6) is -0.260. The van der Waals surface area contributed by atoms with Gasteiger partial charge in [-0.15, -0.1) is 11.3 Å². The molecule has 1 atom stereocenters. The molecule has 0 spiro atoms. The Hall–Kier alpha value is -1.89. The Kier molecular flexibility index (Phi) is 4.62. The maximum Gasteiger partial charge on any atom is 0.317 e. The molecule has 0 saturated carbocycles. The number of aromatic nitrogens is 3. The molecule has 0 radical (unpaired) electrons. The first kappa shape index (κ1) is 15.5. The first-order valence-corrected chi connectivity index (χ1v) is 7.71. The molecule has 2 N–H and O–H groups in total. The van der Waals surface area contributed by atoms with E-state index in [9.17, 15) is 4.79 Å². The first-order chi connectivity index (χ1) is 9.95. The van der Waals surface area contributed by atoms with Crippen molar-refractivity contribution in [3.05, 3.63) is 29.0 Å². The van der Waals surface area contributed by atoms with Gasteiger partial charge in [0.2, 0.25) is 0 Å². The van der Waals surface area contributed by atoms with Crippen LogP contribution in [0.3, 0.4) is 0 Å². The number of nitrogens with zero attached hydrogens (tertiary/aromatic N) is 2. The van der Waals surface area contributed by atoms with Crippen LogP contribution in [0, 0.1) is 0 Å². The predicted molar refractivity (Wildman–Crippen MR) is 82.4 cm³/mol. The van der Waals surface area contributed by atoms with Crippen LogP contribution in [-0.2, 0) is 14.9 Å². The molecule has 0 aromatic carbocycles. The number of esters is 1. The zero-order chi connectivity index (χ0) is 15.5. The molecule has 6 nitrogen and oxygen atoms in total. The molecule has 2 rings (SSSR count). The highest BCUT2D eigenvalue weighted by molar-refractivity contribution is 7.13. The summed E-state index contributed by atoms with van der Waals surface area (Å²) >= 11 is 1.48. The molecule has 2 aromatic heterocycles. The van der Waals surface area contributed by atoms with Gasteiger partial charge in [0.05, 0.1) is 24.5 Å². The van der Waals surface area contributed by atoms with Crippen molar-refractivity contribution < 1.29 is 9.53 Å². The molecule has 0 saturated heterocycles. The van der Waals surface area contributed by atoms with Gasteiger partial charge in [-0.25, -0.2) is 4.98 Å². The summed E-state index contributed by atoms with van der Waals surface area (Å²) in [4.78, 5) is 16.5. The maximum absolute atomic E-state index is 12.0. The SMILES string of the molecule is CCOC(=O)C(C)(C)c1csc(NC(C)c2cn[nH]c2)n1. The Labute approximate surface area is 127 Å². The minimum absolute atomic E-state index is 0.0912. The number of hydrogen-bond acceptors (Lipinski definition) is 6. The smallest absolute Gasteiger partial charge is 0.317 e. The lowest BCUT2D eigenvalue weighted by atomic mass is 9.90. The van der Waals surface area contributed by atoms with Crippen LogP contribution in [-0.4, -0.2) is 27.8 Å². The standard InChI is InChI=1S/C14H20N4O2S/c1-5-20-12(19)14(3,4)11-8-21-13(18-11)17-9(2)10-6-15-16-7-10/h6-9H,5H2,1-4H3,(H,15,16)(H,17,18). The highest BCUT2D eigenvalue weighted by Gasteiger charge is 2.34. The maximum atomic E-state index is 12.0. The van der Waals surface area contributed by atoms with Crippen LogP contribution in [0.2, 0.25) is 0 Å². The van der Waals surface area contributed by atoms with Crippen molar-refractivity contribution >= 4 is 22.4 Å². The van der Waals surface area contributed by atoms with E-state index in [0.29, 0.717) is 12.3 Å². The van der Waals surface area contributed by atoms with Gasteiger partial charge in [-0.1, -0.05) is 0 Å². The third kappa shape index (κ3) is 3.41. The first-order valence-electron chi connectivity index (χ1n) is 6.83. The predicted octanol–water partition coefficient (Wildman–Crippen LogP) is 2.88. The van der Waals surface area contributed by atoms with Gasteiger partial charge in [0.25, 0.3) is 0 Å². The number of rotatable bonds is 6. The van der Waals surface area contributed by atoms with Crippen molar-refractivity contribution in [2.45, 2.75) is 39.2 Å². The third-order valence-corrected chi connectivity index (χ3v) is 4.06. The summed E-state index contributed by atoms with van der Waals surface area (Å²) in [5, 5.41) is 12.7. The van der Waals surface area contributed by atoms with E-state index in [2.05, 4.69) is 20.5 Å². The van der Waals surface area contributed by atoms with Crippen molar-refractivity contribution in [1.29, 1.82) is 0 Å². The number of aromatic amines is 1. The highest BCUT2D eigenvalue weighted by atomic mass is 32.1. The van der Waals surface area contributed by atoms with Crippen molar-refractivity contribution in [3.8, 4) is 0 Å². The fraction of sp³-hybridized carbons (Fsp3) is 0.500. The van der Waals surface area contributed by atoms with Gasteiger partial charge in [0.1, 0.15) is 5.41 Å². The van der Waals surface area contributed by atoms with Gasteiger partial charge < -0.3 is 10.1 Å². The van der Waals surface area contributed by atoms with Gasteiger partial charge >= 0.3 is 5.97 Å². The van der Waals surface area contributed by atoms with E-state index in [-0.39, 0.29) is 12.0 Å². The summed E-state index contributed by atoms with van der Waals surface area (Å²) in [6.07, 6.45) is 3.61.